The van der Waals surface area contributed by atoms with E-state index < -0.39 is 0 Å². The van der Waals surface area contributed by atoms with Crippen LogP contribution in [-0.4, -0.2) is 7.05 Å². The topological polar surface area (TPSA) is 24.7 Å². The van der Waals surface area contributed by atoms with Crippen molar-refractivity contribution in [3.8, 4) is 0 Å². The van der Waals surface area contributed by atoms with Gasteiger partial charge in [-0.15, -0.1) is 4.52 Å². The zero-order valence-electron chi connectivity index (χ0n) is 6.79. The zero-order valence-corrected chi connectivity index (χ0v) is 7.61. The highest BCUT2D eigenvalue weighted by Crippen LogP contribution is 2.22. The third-order valence-corrected chi connectivity index (χ3v) is 1.56. The summed E-state index contributed by atoms with van der Waals surface area (Å²) in [7, 11) is 1.66. The average molecular weight is 158 g/mol. The molecule has 0 aliphatic rings. The van der Waals surface area contributed by atoms with Crippen LogP contribution in [0.4, 0.5) is 0 Å². The summed E-state index contributed by atoms with van der Waals surface area (Å²) in [5, 5.41) is 3.61. The van der Waals surface area contributed by atoms with Crippen molar-refractivity contribution >= 4 is 11.9 Å². The molecule has 0 amide bonds. The fraction of sp³-hybridized carbons (Fsp3) is 0.714. The molecule has 0 aliphatic heterocycles. The van der Waals surface area contributed by atoms with Gasteiger partial charge in [0.2, 0.25) is 0 Å². The smallest absolute Gasteiger partial charge is 0.0498 e. The molecule has 0 unspecified atom stereocenters. The Labute approximate surface area is 66.9 Å². The molecule has 10 heavy (non-hydrogen) atoms. The van der Waals surface area contributed by atoms with Crippen LogP contribution in [0.3, 0.4) is 0 Å². The molecule has 58 valence electrons. The normalized spacial score (nSPS) is 11.2. The highest BCUT2D eigenvalue weighted by Gasteiger charge is 1.97. The monoisotopic (exact) mass is 158 g/mol. The van der Waals surface area contributed by atoms with Crippen LogP contribution < -0.4 is 0 Å². The first-order chi connectivity index (χ1) is 4.66. The number of hydrogen-bond acceptors (Lipinski definition) is 3. The van der Waals surface area contributed by atoms with Crippen LogP contribution in [0.15, 0.2) is 21.1 Å². The van der Waals surface area contributed by atoms with E-state index in [0.717, 1.165) is 11.3 Å². The van der Waals surface area contributed by atoms with E-state index in [1.165, 1.54) is 11.9 Å². The number of hydrogen-bond donors (Lipinski definition) is 0. The van der Waals surface area contributed by atoms with E-state index in [2.05, 4.69) is 30.1 Å². The summed E-state index contributed by atoms with van der Waals surface area (Å²) >= 11 is 1.37. The molecular formula is C7H14N2S. The molecule has 0 aliphatic carbocycles. The van der Waals surface area contributed by atoms with E-state index in [1.54, 1.807) is 7.05 Å². The summed E-state index contributed by atoms with van der Waals surface area (Å²) < 4.78 is 3.77. The van der Waals surface area contributed by atoms with Crippen molar-refractivity contribution in [2.75, 3.05) is 7.05 Å². The minimum Gasteiger partial charge on any atom is -0.185 e. The molecule has 0 saturated carbocycles. The van der Waals surface area contributed by atoms with Gasteiger partial charge in [0.05, 0.1) is 0 Å². The Kier molecular flexibility index (Phi) is 5.30. The van der Waals surface area contributed by atoms with Gasteiger partial charge in [-0.25, -0.2) is 0 Å². The van der Waals surface area contributed by atoms with Crippen molar-refractivity contribution in [3.63, 3.8) is 0 Å². The molecular weight excluding hydrogens is 144 g/mol. The highest BCUT2D eigenvalue weighted by molar-refractivity contribution is 8.01. The molecule has 0 N–H and O–H groups in total. The standard InChI is InChI=1S/C7H14N2S/c1-6(2)5-7(3)10-9-8-4/h6H,3,5H2,1-2,4H3/b9-8-. The van der Waals surface area contributed by atoms with Crippen LogP contribution in [0, 0.1) is 5.92 Å². The molecule has 0 rings (SSSR count). The second-order valence-electron chi connectivity index (χ2n) is 2.51. The molecule has 0 saturated heterocycles. The fourth-order valence-corrected chi connectivity index (χ4v) is 1.20. The van der Waals surface area contributed by atoms with Crippen LogP contribution in [0.25, 0.3) is 0 Å². The second kappa shape index (κ2) is 5.47. The van der Waals surface area contributed by atoms with Crippen molar-refractivity contribution in [2.24, 2.45) is 15.6 Å². The van der Waals surface area contributed by atoms with Gasteiger partial charge in [0.25, 0.3) is 0 Å². The Morgan fingerprint density at radius 1 is 1.60 bits per heavy atom. The summed E-state index contributed by atoms with van der Waals surface area (Å²) in [6.07, 6.45) is 1.02. The first-order valence-corrected chi connectivity index (χ1v) is 4.08. The van der Waals surface area contributed by atoms with Gasteiger partial charge in [0, 0.05) is 23.9 Å². The molecule has 0 aromatic rings. The summed E-state index contributed by atoms with van der Waals surface area (Å²) in [6.45, 7) is 8.16. The predicted molar refractivity (Wildman–Crippen MR) is 47.0 cm³/mol. The maximum absolute atomic E-state index is 3.84. The Bertz CT molecular complexity index is 130. The van der Waals surface area contributed by atoms with Gasteiger partial charge in [-0.2, -0.15) is 5.11 Å². The highest BCUT2D eigenvalue weighted by atomic mass is 32.2. The van der Waals surface area contributed by atoms with Crippen molar-refractivity contribution in [2.45, 2.75) is 20.3 Å². The number of rotatable bonds is 4. The largest absolute Gasteiger partial charge is 0.185 e. The van der Waals surface area contributed by atoms with Gasteiger partial charge in [-0.3, -0.25) is 0 Å². The van der Waals surface area contributed by atoms with E-state index >= 15 is 0 Å². The number of nitrogens with zero attached hydrogens (tertiary/aromatic N) is 2. The second-order valence-corrected chi connectivity index (χ2v) is 3.43. The molecule has 0 heterocycles. The van der Waals surface area contributed by atoms with Gasteiger partial charge in [0.15, 0.2) is 0 Å². The SMILES string of the molecule is C=C(CC(C)C)S/N=N\C. The van der Waals surface area contributed by atoms with Gasteiger partial charge in [-0.1, -0.05) is 20.4 Å². The van der Waals surface area contributed by atoms with Gasteiger partial charge in [0.1, 0.15) is 0 Å². The first kappa shape index (κ1) is 9.69. The summed E-state index contributed by atoms with van der Waals surface area (Å²) in [6, 6.07) is 0. The Morgan fingerprint density at radius 2 is 2.20 bits per heavy atom. The Balaban J connectivity index is 3.44. The lowest BCUT2D eigenvalue weighted by molar-refractivity contribution is 0.659. The molecule has 0 radical (unpaired) electrons. The van der Waals surface area contributed by atoms with Crippen molar-refractivity contribution in [1.82, 2.24) is 0 Å². The maximum atomic E-state index is 3.84. The molecule has 0 fully saturated rings. The zero-order chi connectivity index (χ0) is 7.98. The van der Waals surface area contributed by atoms with Crippen LogP contribution in [0.5, 0.6) is 0 Å². The number of allylic oxidation sites excluding steroid dienone is 1. The average Bonchev–Trinajstić information content (AvgIpc) is 1.82. The maximum Gasteiger partial charge on any atom is 0.0498 e. The first-order valence-electron chi connectivity index (χ1n) is 3.30. The fourth-order valence-electron chi connectivity index (χ4n) is 0.591. The van der Waals surface area contributed by atoms with E-state index in [-0.39, 0.29) is 0 Å². The molecule has 3 heteroatoms. The van der Waals surface area contributed by atoms with E-state index in [4.69, 9.17) is 0 Å². The van der Waals surface area contributed by atoms with Crippen molar-refractivity contribution in [1.29, 1.82) is 0 Å². The van der Waals surface area contributed by atoms with Crippen LogP contribution in [0.1, 0.15) is 20.3 Å². The summed E-state index contributed by atoms with van der Waals surface area (Å²) in [5.41, 5.74) is 0. The van der Waals surface area contributed by atoms with Crippen LogP contribution in [0.2, 0.25) is 0 Å². The molecule has 2 nitrogen and oxygen atoms in total. The van der Waals surface area contributed by atoms with Crippen molar-refractivity contribution < 1.29 is 0 Å². The quantitative estimate of drug-likeness (QED) is 0.455. The minimum absolute atomic E-state index is 0.659. The predicted octanol–water partition coefficient (Wildman–Crippen LogP) is 3.28. The summed E-state index contributed by atoms with van der Waals surface area (Å²) in [5.74, 6) is 0.659. The Hall–Kier alpha value is -0.310. The molecule has 0 aromatic carbocycles. The summed E-state index contributed by atoms with van der Waals surface area (Å²) in [4.78, 5) is 1.08. The van der Waals surface area contributed by atoms with E-state index in [0.29, 0.717) is 5.92 Å². The van der Waals surface area contributed by atoms with E-state index in [1.807, 2.05) is 0 Å². The van der Waals surface area contributed by atoms with Crippen LogP contribution in [-0.2, 0) is 0 Å². The molecule has 0 bridgehead atoms. The minimum atomic E-state index is 0.659. The third-order valence-electron chi connectivity index (χ3n) is 0.887. The lowest BCUT2D eigenvalue weighted by Gasteiger charge is -2.02. The van der Waals surface area contributed by atoms with Gasteiger partial charge >= 0.3 is 0 Å². The Morgan fingerprint density at radius 3 is 2.60 bits per heavy atom. The molecule has 0 aromatic heterocycles. The van der Waals surface area contributed by atoms with Gasteiger partial charge < -0.3 is 0 Å². The lowest BCUT2D eigenvalue weighted by Crippen LogP contribution is -1.85. The van der Waals surface area contributed by atoms with Crippen LogP contribution >= 0.6 is 11.9 Å². The lowest BCUT2D eigenvalue weighted by atomic mass is 10.1. The molecule has 0 spiro atoms. The van der Waals surface area contributed by atoms with Crippen molar-refractivity contribution in [3.05, 3.63) is 11.5 Å². The third kappa shape index (κ3) is 5.82. The van der Waals surface area contributed by atoms with Gasteiger partial charge in [-0.05, 0) is 12.3 Å². The van der Waals surface area contributed by atoms with E-state index in [9.17, 15) is 0 Å². The molecule has 0 atom stereocenters.